The monoisotopic (exact) mass is 275 g/mol. The highest BCUT2D eigenvalue weighted by Crippen LogP contribution is 2.34. The predicted octanol–water partition coefficient (Wildman–Crippen LogP) is 3.56. The molecule has 0 radical (unpaired) electrons. The highest BCUT2D eigenvalue weighted by atomic mass is 19.4. The molecule has 0 rings (SSSR count). The molecule has 0 aliphatic heterocycles. The summed E-state index contributed by atoms with van der Waals surface area (Å²) in [5, 5.41) is 21.5. The van der Waals surface area contributed by atoms with E-state index in [1.54, 1.807) is 19.1 Å². The number of rotatable bonds is 7. The van der Waals surface area contributed by atoms with Crippen molar-refractivity contribution in [3.05, 3.63) is 0 Å². The molecule has 0 aromatic heterocycles. The fourth-order valence-electron chi connectivity index (χ4n) is 1.58. The lowest BCUT2D eigenvalue weighted by molar-refractivity contribution is -0.138. The molecule has 0 amide bonds. The van der Waals surface area contributed by atoms with Crippen molar-refractivity contribution in [2.24, 2.45) is 10.6 Å². The molecule has 0 aliphatic rings. The van der Waals surface area contributed by atoms with Crippen LogP contribution in [0.3, 0.4) is 0 Å². The minimum absolute atomic E-state index is 0.0899. The van der Waals surface area contributed by atoms with Gasteiger partial charge in [0.15, 0.2) is 0 Å². The molecule has 0 aromatic carbocycles. The summed E-state index contributed by atoms with van der Waals surface area (Å²) in [5.41, 5.74) is -0.911. The molecule has 0 fully saturated rings. The van der Waals surface area contributed by atoms with Crippen LogP contribution in [0.25, 0.3) is 0 Å². The smallest absolute Gasteiger partial charge is 0.389 e. The average Bonchev–Trinajstić information content (AvgIpc) is 2.33. The van der Waals surface area contributed by atoms with Crippen LogP contribution in [0.5, 0.6) is 0 Å². The zero-order valence-electron chi connectivity index (χ0n) is 10.9. The fraction of sp³-hybridized carbons (Fsp3) is 0.750. The Morgan fingerprint density at radius 1 is 1.16 bits per heavy atom. The lowest BCUT2D eigenvalue weighted by Gasteiger charge is -2.19. The van der Waals surface area contributed by atoms with E-state index in [0.29, 0.717) is 18.6 Å². The van der Waals surface area contributed by atoms with Gasteiger partial charge in [0.05, 0.1) is 17.9 Å². The van der Waals surface area contributed by atoms with Crippen LogP contribution in [0.15, 0.2) is 5.16 Å². The average molecular weight is 275 g/mol. The summed E-state index contributed by atoms with van der Waals surface area (Å²) in [7, 11) is 1.39. The summed E-state index contributed by atoms with van der Waals surface area (Å²) in [6, 6.07) is 3.42. The molecule has 0 saturated carbocycles. The molecule has 0 N–H and O–H groups in total. The predicted molar refractivity (Wildman–Crippen MR) is 62.9 cm³/mol. The number of nitriles is 2. The number of halogens is 3. The van der Waals surface area contributed by atoms with Crippen LogP contribution in [0.4, 0.5) is 13.2 Å². The number of hydrogen-bond donors (Lipinski definition) is 0. The Morgan fingerprint density at radius 3 is 2.16 bits per heavy atom. The lowest BCUT2D eigenvalue weighted by atomic mass is 9.81. The van der Waals surface area contributed by atoms with E-state index in [0.717, 1.165) is 0 Å². The third-order valence-corrected chi connectivity index (χ3v) is 2.65. The molecule has 19 heavy (non-hydrogen) atoms. The molecule has 0 unspecified atom stereocenters. The molecule has 0 aliphatic carbocycles. The zero-order chi connectivity index (χ0) is 14.9. The molecule has 7 heteroatoms. The van der Waals surface area contributed by atoms with E-state index in [1.807, 2.05) is 0 Å². The van der Waals surface area contributed by atoms with Gasteiger partial charge in [-0.3, -0.25) is 0 Å². The second-order valence-electron chi connectivity index (χ2n) is 4.28. The summed E-state index contributed by atoms with van der Waals surface area (Å²) in [6.45, 7) is 1.71. The van der Waals surface area contributed by atoms with Crippen LogP contribution in [0.2, 0.25) is 0 Å². The molecule has 106 valence electrons. The van der Waals surface area contributed by atoms with Crippen molar-refractivity contribution < 1.29 is 18.0 Å². The Hall–Kier alpha value is -1.76. The third kappa shape index (κ3) is 7.30. The largest absolute Gasteiger partial charge is 0.399 e. The maximum Gasteiger partial charge on any atom is 0.389 e. The van der Waals surface area contributed by atoms with Gasteiger partial charge in [-0.1, -0.05) is 5.16 Å². The normalized spacial score (nSPS) is 12.7. The summed E-state index contributed by atoms with van der Waals surface area (Å²) in [6.07, 6.45) is -5.00. The maximum absolute atomic E-state index is 12.2. The zero-order valence-corrected chi connectivity index (χ0v) is 10.9. The van der Waals surface area contributed by atoms with Crippen molar-refractivity contribution in [1.29, 1.82) is 10.5 Å². The quantitative estimate of drug-likeness (QED) is 0.527. The third-order valence-electron chi connectivity index (χ3n) is 2.65. The number of nitrogens with zero attached hydrogens (tertiary/aromatic N) is 3. The standard InChI is InChI=1S/C12H16F3N3O/c1-10(18-19-2)4-3-5-11(8-16,9-17)6-7-12(13,14)15/h3-7H2,1-2H3. The van der Waals surface area contributed by atoms with Crippen LogP contribution in [-0.2, 0) is 4.84 Å². The molecule has 0 atom stereocenters. The van der Waals surface area contributed by atoms with Gasteiger partial charge in [-0.05, 0) is 32.6 Å². The molecule has 4 nitrogen and oxygen atoms in total. The Balaban J connectivity index is 4.46. The van der Waals surface area contributed by atoms with Gasteiger partial charge in [0, 0.05) is 6.42 Å². The van der Waals surface area contributed by atoms with Crippen LogP contribution < -0.4 is 0 Å². The first-order chi connectivity index (χ1) is 8.78. The second kappa shape index (κ2) is 7.63. The molecule has 0 spiro atoms. The van der Waals surface area contributed by atoms with Gasteiger partial charge in [-0.25, -0.2) is 0 Å². The second-order valence-corrected chi connectivity index (χ2v) is 4.28. The van der Waals surface area contributed by atoms with Crippen LogP contribution >= 0.6 is 0 Å². The van der Waals surface area contributed by atoms with Crippen LogP contribution in [0.1, 0.15) is 39.0 Å². The summed E-state index contributed by atoms with van der Waals surface area (Å²) in [4.78, 5) is 4.54. The van der Waals surface area contributed by atoms with Crippen molar-refractivity contribution in [2.75, 3.05) is 7.11 Å². The van der Waals surface area contributed by atoms with E-state index < -0.39 is 24.4 Å². The van der Waals surface area contributed by atoms with E-state index >= 15 is 0 Å². The highest BCUT2D eigenvalue weighted by Gasteiger charge is 2.36. The van der Waals surface area contributed by atoms with Gasteiger partial charge in [0.25, 0.3) is 0 Å². The van der Waals surface area contributed by atoms with E-state index in [2.05, 4.69) is 9.99 Å². The van der Waals surface area contributed by atoms with Gasteiger partial charge in [-0.2, -0.15) is 23.7 Å². The number of alkyl halides is 3. The molecule has 0 saturated heterocycles. The van der Waals surface area contributed by atoms with Gasteiger partial charge < -0.3 is 4.84 Å². The minimum atomic E-state index is -4.35. The topological polar surface area (TPSA) is 69.2 Å². The molecule has 0 bridgehead atoms. The fourth-order valence-corrected chi connectivity index (χ4v) is 1.58. The van der Waals surface area contributed by atoms with Crippen molar-refractivity contribution in [3.63, 3.8) is 0 Å². The SMILES string of the molecule is CON=C(C)CCCC(C#N)(C#N)CCC(F)(F)F. The van der Waals surface area contributed by atoms with Gasteiger partial charge >= 0.3 is 6.18 Å². The Kier molecular flexibility index (Phi) is 6.92. The maximum atomic E-state index is 12.2. The summed E-state index contributed by atoms with van der Waals surface area (Å²) < 4.78 is 36.5. The minimum Gasteiger partial charge on any atom is -0.399 e. The number of hydrogen-bond acceptors (Lipinski definition) is 4. The van der Waals surface area contributed by atoms with E-state index in [4.69, 9.17) is 10.5 Å². The van der Waals surface area contributed by atoms with Gasteiger partial charge in [0.1, 0.15) is 12.5 Å². The van der Waals surface area contributed by atoms with Crippen molar-refractivity contribution in [1.82, 2.24) is 0 Å². The number of oxime groups is 1. The van der Waals surface area contributed by atoms with E-state index in [1.165, 1.54) is 7.11 Å². The first kappa shape index (κ1) is 17.2. The molecule has 0 aromatic rings. The van der Waals surface area contributed by atoms with E-state index in [9.17, 15) is 13.2 Å². The van der Waals surface area contributed by atoms with Crippen molar-refractivity contribution in [3.8, 4) is 12.1 Å². The van der Waals surface area contributed by atoms with Gasteiger partial charge in [0.2, 0.25) is 0 Å². The van der Waals surface area contributed by atoms with Crippen LogP contribution in [-0.4, -0.2) is 19.0 Å². The lowest BCUT2D eigenvalue weighted by Crippen LogP contribution is -2.20. The molecular formula is C12H16F3N3O. The van der Waals surface area contributed by atoms with E-state index in [-0.39, 0.29) is 6.42 Å². The highest BCUT2D eigenvalue weighted by molar-refractivity contribution is 5.81. The van der Waals surface area contributed by atoms with Crippen molar-refractivity contribution in [2.45, 2.75) is 45.2 Å². The van der Waals surface area contributed by atoms with Gasteiger partial charge in [-0.15, -0.1) is 0 Å². The Morgan fingerprint density at radius 2 is 1.74 bits per heavy atom. The van der Waals surface area contributed by atoms with Crippen molar-refractivity contribution >= 4 is 5.71 Å². The molecule has 0 heterocycles. The Labute approximate surface area is 110 Å². The first-order valence-electron chi connectivity index (χ1n) is 5.74. The summed E-state index contributed by atoms with van der Waals surface area (Å²) in [5.74, 6) is 0. The van der Waals surface area contributed by atoms with Crippen LogP contribution in [0, 0.1) is 28.1 Å². The Bertz CT molecular complexity index is 376. The molecular weight excluding hydrogens is 259 g/mol. The summed E-state index contributed by atoms with van der Waals surface area (Å²) >= 11 is 0. The first-order valence-corrected chi connectivity index (χ1v) is 5.74.